The van der Waals surface area contributed by atoms with Crippen LogP contribution in [0.1, 0.15) is 12.5 Å². The second kappa shape index (κ2) is 5.37. The first-order valence-corrected chi connectivity index (χ1v) is 7.07. The van der Waals surface area contributed by atoms with Gasteiger partial charge in [-0.3, -0.25) is 4.90 Å². The first kappa shape index (κ1) is 13.9. The van der Waals surface area contributed by atoms with Gasteiger partial charge in [0.05, 0.1) is 5.02 Å². The van der Waals surface area contributed by atoms with Crippen LogP contribution >= 0.6 is 11.6 Å². The average molecular weight is 305 g/mol. The maximum atomic E-state index is 13.1. The Morgan fingerprint density at radius 3 is 2.86 bits per heavy atom. The van der Waals surface area contributed by atoms with Gasteiger partial charge in [0.1, 0.15) is 5.82 Å². The zero-order valence-corrected chi connectivity index (χ0v) is 12.2. The number of para-hydroxylation sites is 1. The zero-order valence-electron chi connectivity index (χ0n) is 11.4. The lowest BCUT2D eigenvalue weighted by molar-refractivity contribution is 0.256. The smallest absolute Gasteiger partial charge is 0.307 e. The number of nitrogens with zero attached hydrogens (tertiary/aromatic N) is 1. The summed E-state index contributed by atoms with van der Waals surface area (Å²) in [5.41, 5.74) is 2.54. The summed E-state index contributed by atoms with van der Waals surface area (Å²) in [5, 5.41) is 2.75. The minimum absolute atomic E-state index is 0.0114. The molecule has 1 N–H and O–H groups in total. The molecule has 0 aliphatic carbocycles. The third-order valence-electron chi connectivity index (χ3n) is 3.60. The Kier molecular flexibility index (Phi) is 3.55. The van der Waals surface area contributed by atoms with Crippen molar-refractivity contribution in [2.45, 2.75) is 19.4 Å². The van der Waals surface area contributed by atoms with Crippen LogP contribution in [0.3, 0.4) is 0 Å². The molecule has 0 fully saturated rings. The van der Waals surface area contributed by atoms with Gasteiger partial charge in [-0.05, 0) is 43.2 Å². The fraction of sp³-hybridized carbons (Fsp3) is 0.188. The van der Waals surface area contributed by atoms with E-state index in [1.807, 2.05) is 31.2 Å². The fourth-order valence-electron chi connectivity index (χ4n) is 2.63. The Morgan fingerprint density at radius 1 is 1.33 bits per heavy atom. The molecule has 1 unspecified atom stereocenters. The van der Waals surface area contributed by atoms with Crippen molar-refractivity contribution in [1.82, 2.24) is 0 Å². The number of halogens is 2. The summed E-state index contributed by atoms with van der Waals surface area (Å²) in [6, 6.07) is 11.8. The largest absolute Gasteiger partial charge is 0.326 e. The van der Waals surface area contributed by atoms with Crippen molar-refractivity contribution in [3.8, 4) is 0 Å². The molecule has 21 heavy (non-hydrogen) atoms. The minimum Gasteiger partial charge on any atom is -0.307 e. The number of amides is 2. The predicted molar refractivity (Wildman–Crippen MR) is 82.5 cm³/mol. The highest BCUT2D eigenvalue weighted by Gasteiger charge is 2.30. The van der Waals surface area contributed by atoms with Crippen LogP contribution in [0.5, 0.6) is 0 Å². The average Bonchev–Trinajstić information content (AvgIpc) is 2.78. The summed E-state index contributed by atoms with van der Waals surface area (Å²) in [6.07, 6.45) is 0.827. The molecule has 2 amide bonds. The van der Waals surface area contributed by atoms with Gasteiger partial charge in [-0.15, -0.1) is 0 Å². The quantitative estimate of drug-likeness (QED) is 0.828. The number of hydrogen-bond donors (Lipinski definition) is 1. The SMILES string of the molecule is CC1Cc2ccccc2N1C(=O)Nc1ccc(F)c(Cl)c1. The van der Waals surface area contributed by atoms with E-state index in [-0.39, 0.29) is 17.1 Å². The van der Waals surface area contributed by atoms with Crippen LogP contribution in [0.4, 0.5) is 20.6 Å². The molecular formula is C16H14ClFN2O. The number of carbonyl (C=O) groups excluding carboxylic acids is 1. The Hall–Kier alpha value is -2.07. The van der Waals surface area contributed by atoms with Crippen molar-refractivity contribution in [2.24, 2.45) is 0 Å². The van der Waals surface area contributed by atoms with Gasteiger partial charge in [0.25, 0.3) is 0 Å². The molecule has 1 heterocycles. The van der Waals surface area contributed by atoms with Gasteiger partial charge in [-0.25, -0.2) is 9.18 Å². The van der Waals surface area contributed by atoms with Crippen molar-refractivity contribution in [3.63, 3.8) is 0 Å². The summed E-state index contributed by atoms with van der Waals surface area (Å²) in [5.74, 6) is -0.505. The molecule has 2 aromatic carbocycles. The van der Waals surface area contributed by atoms with Gasteiger partial charge in [-0.2, -0.15) is 0 Å². The summed E-state index contributed by atoms with van der Waals surface area (Å²) in [6.45, 7) is 2.00. The first-order chi connectivity index (χ1) is 10.1. The number of urea groups is 1. The van der Waals surface area contributed by atoms with Gasteiger partial charge in [0.15, 0.2) is 0 Å². The number of benzene rings is 2. The van der Waals surface area contributed by atoms with Gasteiger partial charge in [0.2, 0.25) is 0 Å². The van der Waals surface area contributed by atoms with Gasteiger partial charge in [-0.1, -0.05) is 29.8 Å². The molecule has 0 saturated carbocycles. The molecule has 0 radical (unpaired) electrons. The molecule has 1 atom stereocenters. The molecule has 1 aliphatic heterocycles. The number of hydrogen-bond acceptors (Lipinski definition) is 1. The molecule has 108 valence electrons. The Labute approximate surface area is 127 Å². The predicted octanol–water partition coefficient (Wildman–Crippen LogP) is 4.46. The molecule has 2 aromatic rings. The van der Waals surface area contributed by atoms with E-state index < -0.39 is 5.82 Å². The monoisotopic (exact) mass is 304 g/mol. The van der Waals surface area contributed by atoms with Crippen LogP contribution in [0.25, 0.3) is 0 Å². The van der Waals surface area contributed by atoms with Crippen molar-refractivity contribution < 1.29 is 9.18 Å². The van der Waals surface area contributed by atoms with Crippen molar-refractivity contribution in [3.05, 3.63) is 58.9 Å². The van der Waals surface area contributed by atoms with Crippen LogP contribution in [-0.4, -0.2) is 12.1 Å². The minimum atomic E-state index is -0.505. The second-order valence-corrected chi connectivity index (χ2v) is 5.52. The molecular weight excluding hydrogens is 291 g/mol. The topological polar surface area (TPSA) is 32.3 Å². The molecule has 0 aromatic heterocycles. The summed E-state index contributed by atoms with van der Waals surface area (Å²) in [7, 11) is 0. The highest BCUT2D eigenvalue weighted by Crippen LogP contribution is 2.32. The van der Waals surface area contributed by atoms with Crippen molar-refractivity contribution >= 4 is 29.0 Å². The van der Waals surface area contributed by atoms with Crippen LogP contribution in [0, 0.1) is 5.82 Å². The molecule has 5 heteroatoms. The molecule has 0 saturated heterocycles. The lowest BCUT2D eigenvalue weighted by atomic mass is 10.1. The van der Waals surface area contributed by atoms with E-state index >= 15 is 0 Å². The number of anilines is 2. The van der Waals surface area contributed by atoms with Crippen LogP contribution in [0.2, 0.25) is 5.02 Å². The number of rotatable bonds is 1. The van der Waals surface area contributed by atoms with E-state index in [0.717, 1.165) is 17.7 Å². The molecule has 3 nitrogen and oxygen atoms in total. The lowest BCUT2D eigenvalue weighted by Crippen LogP contribution is -2.39. The summed E-state index contributed by atoms with van der Waals surface area (Å²) >= 11 is 5.73. The van der Waals surface area contributed by atoms with Crippen LogP contribution < -0.4 is 10.2 Å². The molecule has 0 spiro atoms. The van der Waals surface area contributed by atoms with Crippen molar-refractivity contribution in [2.75, 3.05) is 10.2 Å². The summed E-state index contributed by atoms with van der Waals surface area (Å²) < 4.78 is 13.1. The Morgan fingerprint density at radius 2 is 2.10 bits per heavy atom. The maximum Gasteiger partial charge on any atom is 0.326 e. The van der Waals surface area contributed by atoms with Crippen LogP contribution in [0.15, 0.2) is 42.5 Å². The number of fused-ring (bicyclic) bond motifs is 1. The van der Waals surface area contributed by atoms with Crippen LogP contribution in [-0.2, 0) is 6.42 Å². The number of carbonyl (C=O) groups is 1. The standard InChI is InChI=1S/C16H14ClFN2O/c1-10-8-11-4-2-3-5-15(11)20(10)16(21)19-12-6-7-14(18)13(17)9-12/h2-7,9-10H,8H2,1H3,(H,19,21). The maximum absolute atomic E-state index is 13.1. The third-order valence-corrected chi connectivity index (χ3v) is 3.89. The van der Waals surface area contributed by atoms with Gasteiger partial charge in [0, 0.05) is 17.4 Å². The Balaban J connectivity index is 1.84. The van der Waals surface area contributed by atoms with E-state index in [2.05, 4.69) is 5.32 Å². The molecule has 1 aliphatic rings. The van der Waals surface area contributed by atoms with E-state index in [9.17, 15) is 9.18 Å². The van der Waals surface area contributed by atoms with E-state index in [1.54, 1.807) is 4.90 Å². The highest BCUT2D eigenvalue weighted by molar-refractivity contribution is 6.31. The normalized spacial score (nSPS) is 16.7. The van der Waals surface area contributed by atoms with E-state index in [1.165, 1.54) is 18.2 Å². The second-order valence-electron chi connectivity index (χ2n) is 5.11. The molecule has 0 bridgehead atoms. The number of nitrogens with one attached hydrogen (secondary N) is 1. The first-order valence-electron chi connectivity index (χ1n) is 6.69. The fourth-order valence-corrected chi connectivity index (χ4v) is 2.81. The third kappa shape index (κ3) is 2.59. The van der Waals surface area contributed by atoms with E-state index in [0.29, 0.717) is 5.69 Å². The molecule has 3 rings (SSSR count). The van der Waals surface area contributed by atoms with Gasteiger partial charge >= 0.3 is 6.03 Å². The van der Waals surface area contributed by atoms with Crippen molar-refractivity contribution in [1.29, 1.82) is 0 Å². The van der Waals surface area contributed by atoms with Gasteiger partial charge < -0.3 is 5.32 Å². The zero-order chi connectivity index (χ0) is 15.0. The van der Waals surface area contributed by atoms with E-state index in [4.69, 9.17) is 11.6 Å². The lowest BCUT2D eigenvalue weighted by Gasteiger charge is -2.23. The summed E-state index contributed by atoms with van der Waals surface area (Å²) in [4.78, 5) is 14.2. The highest BCUT2D eigenvalue weighted by atomic mass is 35.5. The Bertz CT molecular complexity index is 704.